The quantitative estimate of drug-likeness (QED) is 0.726. The van der Waals surface area contributed by atoms with Gasteiger partial charge in [-0.05, 0) is 63.2 Å². The molecule has 0 amide bonds. The lowest BCUT2D eigenvalue weighted by atomic mass is 9.97. The number of sulfonamides is 1. The fourth-order valence-corrected chi connectivity index (χ4v) is 6.14. The number of hydrogen-bond donors (Lipinski definition) is 0. The first kappa shape index (κ1) is 16.2. The van der Waals surface area contributed by atoms with E-state index < -0.39 is 16.1 Å². The molecule has 1 aliphatic heterocycles. The molecule has 4 atom stereocenters. The highest BCUT2D eigenvalue weighted by Gasteiger charge is 2.44. The third-order valence-corrected chi connectivity index (χ3v) is 7.56. The molecule has 2 bridgehead atoms. The van der Waals surface area contributed by atoms with Crippen molar-refractivity contribution in [3.05, 3.63) is 0 Å². The number of hydrogen-bond acceptors (Lipinski definition) is 4. The van der Waals surface area contributed by atoms with Crippen molar-refractivity contribution >= 4 is 16.0 Å². The molecule has 0 aromatic heterocycles. The second kappa shape index (κ2) is 6.48. The lowest BCUT2D eigenvalue weighted by molar-refractivity contribution is -0.157. The van der Waals surface area contributed by atoms with E-state index >= 15 is 0 Å². The largest absolute Gasteiger partial charge is 0.461 e. The van der Waals surface area contributed by atoms with Crippen molar-refractivity contribution in [2.75, 3.05) is 12.3 Å². The normalized spacial score (nSPS) is 35.7. The fourth-order valence-electron chi connectivity index (χ4n) is 4.41. The zero-order valence-electron chi connectivity index (χ0n) is 13.4. The minimum Gasteiger partial charge on any atom is -0.461 e. The summed E-state index contributed by atoms with van der Waals surface area (Å²) < 4.78 is 31.9. The second-order valence-corrected chi connectivity index (χ2v) is 9.13. The van der Waals surface area contributed by atoms with Gasteiger partial charge in [-0.1, -0.05) is 6.92 Å². The average Bonchev–Trinajstić information content (AvgIpc) is 3.10. The van der Waals surface area contributed by atoms with E-state index in [-0.39, 0.29) is 17.8 Å². The van der Waals surface area contributed by atoms with Crippen LogP contribution in [0.5, 0.6) is 0 Å². The van der Waals surface area contributed by atoms with Crippen LogP contribution in [0.3, 0.4) is 0 Å². The van der Waals surface area contributed by atoms with E-state index in [0.29, 0.717) is 31.2 Å². The fraction of sp³-hybridized carbons (Fsp3) is 0.938. The van der Waals surface area contributed by atoms with Crippen molar-refractivity contribution in [1.82, 2.24) is 4.31 Å². The number of fused-ring (bicyclic) bond motifs is 2. The Morgan fingerprint density at radius 2 is 2.00 bits per heavy atom. The zero-order valence-corrected chi connectivity index (χ0v) is 14.2. The van der Waals surface area contributed by atoms with Crippen LogP contribution in [-0.2, 0) is 19.6 Å². The minimum atomic E-state index is -3.34. The monoisotopic (exact) mass is 329 g/mol. The van der Waals surface area contributed by atoms with Crippen molar-refractivity contribution in [2.24, 2.45) is 11.8 Å². The van der Waals surface area contributed by atoms with Gasteiger partial charge in [-0.2, -0.15) is 4.31 Å². The maximum atomic E-state index is 12.6. The Morgan fingerprint density at radius 3 is 2.64 bits per heavy atom. The van der Waals surface area contributed by atoms with Crippen LogP contribution in [0.15, 0.2) is 0 Å². The SMILES string of the molecule is CCCS(=O)(=O)N1CCCC[C@H]1C(=O)O[C@@H]1C[C@H]2CC[C@H]1C2. The lowest BCUT2D eigenvalue weighted by Crippen LogP contribution is -2.50. The van der Waals surface area contributed by atoms with Crippen LogP contribution in [0.1, 0.15) is 58.3 Å². The smallest absolute Gasteiger partial charge is 0.324 e. The van der Waals surface area contributed by atoms with Gasteiger partial charge in [0.15, 0.2) is 0 Å². The van der Waals surface area contributed by atoms with Gasteiger partial charge in [0.25, 0.3) is 0 Å². The Kier molecular flexibility index (Phi) is 4.78. The number of carbonyl (C=O) groups is 1. The maximum Gasteiger partial charge on any atom is 0.324 e. The molecule has 126 valence electrons. The van der Waals surface area contributed by atoms with Crippen molar-refractivity contribution in [3.63, 3.8) is 0 Å². The highest BCUT2D eigenvalue weighted by Crippen LogP contribution is 2.46. The van der Waals surface area contributed by atoms with Gasteiger partial charge in [-0.15, -0.1) is 0 Å². The van der Waals surface area contributed by atoms with Crippen LogP contribution in [0, 0.1) is 11.8 Å². The molecule has 1 saturated heterocycles. The molecule has 1 heterocycles. The minimum absolute atomic E-state index is 0.0314. The van der Waals surface area contributed by atoms with Crippen molar-refractivity contribution in [3.8, 4) is 0 Å². The molecule has 0 N–H and O–H groups in total. The molecule has 2 saturated carbocycles. The Hall–Kier alpha value is -0.620. The van der Waals surface area contributed by atoms with Gasteiger partial charge in [-0.3, -0.25) is 4.79 Å². The molecule has 3 rings (SSSR count). The molecular formula is C16H27NO4S. The molecule has 3 fully saturated rings. The summed E-state index contributed by atoms with van der Waals surface area (Å²) in [4.78, 5) is 12.6. The van der Waals surface area contributed by atoms with Crippen molar-refractivity contribution in [1.29, 1.82) is 0 Å². The van der Waals surface area contributed by atoms with Gasteiger partial charge in [0, 0.05) is 6.54 Å². The van der Waals surface area contributed by atoms with Gasteiger partial charge in [0.05, 0.1) is 5.75 Å². The maximum absolute atomic E-state index is 12.6. The van der Waals surface area contributed by atoms with Crippen molar-refractivity contribution in [2.45, 2.75) is 70.4 Å². The van der Waals surface area contributed by atoms with E-state index in [0.717, 1.165) is 25.7 Å². The standard InChI is InChI=1S/C16H27NO4S/c1-2-9-22(19,20)17-8-4-3-5-14(17)16(18)21-15-11-12-6-7-13(15)10-12/h12-15H,2-11H2,1H3/t12-,13-,14-,15+/m0/s1. The predicted octanol–water partition coefficient (Wildman–Crippen LogP) is 2.31. The molecule has 0 aromatic carbocycles. The van der Waals surface area contributed by atoms with E-state index in [1.54, 1.807) is 0 Å². The molecule has 0 spiro atoms. The summed E-state index contributed by atoms with van der Waals surface area (Å²) in [5.74, 6) is 1.04. The van der Waals surface area contributed by atoms with E-state index in [4.69, 9.17) is 4.74 Å². The first-order chi connectivity index (χ1) is 10.5. The Balaban J connectivity index is 1.66. The molecule has 2 aliphatic carbocycles. The zero-order chi connectivity index (χ0) is 15.7. The third kappa shape index (κ3) is 3.18. The molecule has 6 heteroatoms. The summed E-state index contributed by atoms with van der Waals surface area (Å²) in [5.41, 5.74) is 0. The summed E-state index contributed by atoms with van der Waals surface area (Å²) in [6.45, 7) is 2.31. The van der Waals surface area contributed by atoms with Crippen molar-refractivity contribution < 1.29 is 17.9 Å². The predicted molar refractivity (Wildman–Crippen MR) is 83.8 cm³/mol. The van der Waals surface area contributed by atoms with E-state index in [9.17, 15) is 13.2 Å². The molecule has 3 aliphatic rings. The number of rotatable bonds is 5. The van der Waals surface area contributed by atoms with Gasteiger partial charge in [0.2, 0.25) is 10.0 Å². The Labute approximate surface area is 133 Å². The van der Waals surface area contributed by atoms with Gasteiger partial charge in [0.1, 0.15) is 12.1 Å². The number of esters is 1. The first-order valence-electron chi connectivity index (χ1n) is 8.71. The number of carbonyl (C=O) groups excluding carboxylic acids is 1. The third-order valence-electron chi connectivity index (χ3n) is 5.49. The summed E-state index contributed by atoms with van der Waals surface area (Å²) in [6, 6.07) is -0.593. The van der Waals surface area contributed by atoms with Crippen LogP contribution < -0.4 is 0 Å². The van der Waals surface area contributed by atoms with Crippen LogP contribution in [-0.4, -0.2) is 43.1 Å². The lowest BCUT2D eigenvalue weighted by Gasteiger charge is -2.34. The number of nitrogens with zero attached hydrogens (tertiary/aromatic N) is 1. The van der Waals surface area contributed by atoms with E-state index in [1.165, 1.54) is 17.1 Å². The topological polar surface area (TPSA) is 63.7 Å². The van der Waals surface area contributed by atoms with Gasteiger partial charge >= 0.3 is 5.97 Å². The summed E-state index contributed by atoms with van der Waals surface area (Å²) in [5, 5.41) is 0. The highest BCUT2D eigenvalue weighted by atomic mass is 32.2. The Bertz CT molecular complexity index is 518. The molecule has 0 radical (unpaired) electrons. The molecule has 22 heavy (non-hydrogen) atoms. The molecule has 5 nitrogen and oxygen atoms in total. The van der Waals surface area contributed by atoms with Crippen LogP contribution >= 0.6 is 0 Å². The summed E-state index contributed by atoms with van der Waals surface area (Å²) in [7, 11) is -3.34. The molecule has 0 unspecified atom stereocenters. The van der Waals surface area contributed by atoms with Gasteiger partial charge in [-0.25, -0.2) is 8.42 Å². The first-order valence-corrected chi connectivity index (χ1v) is 10.3. The molecule has 0 aromatic rings. The van der Waals surface area contributed by atoms with Crippen LogP contribution in [0.25, 0.3) is 0 Å². The Morgan fingerprint density at radius 1 is 1.18 bits per heavy atom. The average molecular weight is 329 g/mol. The van der Waals surface area contributed by atoms with Crippen LogP contribution in [0.4, 0.5) is 0 Å². The van der Waals surface area contributed by atoms with E-state index in [1.807, 2.05) is 6.92 Å². The summed E-state index contributed by atoms with van der Waals surface area (Å²) >= 11 is 0. The number of ether oxygens (including phenoxy) is 1. The molecular weight excluding hydrogens is 302 g/mol. The number of piperidine rings is 1. The summed E-state index contributed by atoms with van der Waals surface area (Å²) in [6.07, 6.45) is 7.52. The van der Waals surface area contributed by atoms with E-state index in [2.05, 4.69) is 0 Å². The highest BCUT2D eigenvalue weighted by molar-refractivity contribution is 7.89. The van der Waals surface area contributed by atoms with Gasteiger partial charge < -0.3 is 4.74 Å². The van der Waals surface area contributed by atoms with Crippen LogP contribution in [0.2, 0.25) is 0 Å². The second-order valence-electron chi connectivity index (χ2n) is 7.09.